The fourth-order valence-corrected chi connectivity index (χ4v) is 4.77. The molecule has 0 aliphatic carbocycles. The number of aliphatic hydroxyl groups excluding tert-OH is 1. The van der Waals surface area contributed by atoms with Gasteiger partial charge in [0.25, 0.3) is 0 Å². The molecule has 0 amide bonds. The Balaban J connectivity index is 1.60. The van der Waals surface area contributed by atoms with E-state index in [2.05, 4.69) is 40.7 Å². The summed E-state index contributed by atoms with van der Waals surface area (Å²) in [7, 11) is 1.74. The van der Waals surface area contributed by atoms with Gasteiger partial charge in [0.15, 0.2) is 0 Å². The first-order valence-electron chi connectivity index (χ1n) is 10.6. The van der Waals surface area contributed by atoms with Gasteiger partial charge in [-0.05, 0) is 52.3 Å². The van der Waals surface area contributed by atoms with Crippen LogP contribution in [0.5, 0.6) is 5.75 Å². The van der Waals surface area contributed by atoms with Crippen LogP contribution in [-0.2, 0) is 6.54 Å². The van der Waals surface area contributed by atoms with E-state index in [-0.39, 0.29) is 6.61 Å². The Kier molecular flexibility index (Phi) is 7.53. The van der Waals surface area contributed by atoms with Crippen LogP contribution in [0.15, 0.2) is 24.3 Å². The Morgan fingerprint density at radius 3 is 2.52 bits per heavy atom. The lowest BCUT2D eigenvalue weighted by Crippen LogP contribution is -2.58. The molecule has 2 aliphatic rings. The highest BCUT2D eigenvalue weighted by Gasteiger charge is 2.34. The number of ether oxygens (including phenoxy) is 1. The maximum Gasteiger partial charge on any atom is 0.123 e. The van der Waals surface area contributed by atoms with Crippen molar-refractivity contribution < 1.29 is 9.84 Å². The molecule has 2 aliphatic heterocycles. The normalized spacial score (nSPS) is 23.8. The molecular weight excluding hydrogens is 338 g/mol. The summed E-state index contributed by atoms with van der Waals surface area (Å²) in [5, 5.41) is 9.63. The van der Waals surface area contributed by atoms with Crippen molar-refractivity contribution in [2.24, 2.45) is 0 Å². The first kappa shape index (κ1) is 20.6. The van der Waals surface area contributed by atoms with E-state index in [1.807, 2.05) is 12.1 Å². The Labute approximate surface area is 164 Å². The molecule has 2 saturated heterocycles. The summed E-state index contributed by atoms with van der Waals surface area (Å²) in [6.45, 7) is 11.4. The number of rotatable bonds is 7. The summed E-state index contributed by atoms with van der Waals surface area (Å²) in [4.78, 5) is 7.82. The molecule has 0 aromatic heterocycles. The summed E-state index contributed by atoms with van der Waals surface area (Å²) < 4.78 is 5.53. The zero-order valence-corrected chi connectivity index (χ0v) is 17.3. The minimum atomic E-state index is 0.272. The largest absolute Gasteiger partial charge is 0.496 e. The molecular formula is C22H37N3O2. The third kappa shape index (κ3) is 5.23. The van der Waals surface area contributed by atoms with Crippen LogP contribution in [0.2, 0.25) is 0 Å². The van der Waals surface area contributed by atoms with E-state index in [0.717, 1.165) is 38.3 Å². The van der Waals surface area contributed by atoms with Crippen molar-refractivity contribution >= 4 is 0 Å². The maximum absolute atomic E-state index is 9.63. The number of hydrogen-bond donors (Lipinski definition) is 1. The standard InChI is InChI=1S/C22H37N3O2/c1-18(2)24-11-8-20(9-12-24)25-14-13-23(17-21(25)10-15-26)16-19-6-4-5-7-22(19)27-3/h4-7,18,20-21,26H,8-17H2,1-3H3/t21-/m0/s1. The van der Waals surface area contributed by atoms with Crippen molar-refractivity contribution in [2.45, 2.75) is 57.8 Å². The molecule has 0 saturated carbocycles. The molecule has 1 aromatic carbocycles. The molecule has 1 N–H and O–H groups in total. The van der Waals surface area contributed by atoms with Gasteiger partial charge in [-0.1, -0.05) is 18.2 Å². The Hall–Kier alpha value is -1.14. The van der Waals surface area contributed by atoms with Gasteiger partial charge in [0.2, 0.25) is 0 Å². The number of nitrogens with zero attached hydrogens (tertiary/aromatic N) is 3. The number of methoxy groups -OCH3 is 1. The third-order valence-electron chi connectivity index (χ3n) is 6.36. The van der Waals surface area contributed by atoms with E-state index >= 15 is 0 Å². The first-order chi connectivity index (χ1) is 13.1. The fourth-order valence-electron chi connectivity index (χ4n) is 4.77. The summed E-state index contributed by atoms with van der Waals surface area (Å²) in [6, 6.07) is 10.1. The van der Waals surface area contributed by atoms with Gasteiger partial charge in [0.05, 0.1) is 7.11 Å². The number of para-hydroxylation sites is 1. The van der Waals surface area contributed by atoms with Crippen LogP contribution in [0, 0.1) is 0 Å². The summed E-state index contributed by atoms with van der Waals surface area (Å²) in [6.07, 6.45) is 3.38. The second-order valence-corrected chi connectivity index (χ2v) is 8.31. The van der Waals surface area contributed by atoms with Crippen LogP contribution < -0.4 is 4.74 Å². The van der Waals surface area contributed by atoms with Gasteiger partial charge in [-0.25, -0.2) is 0 Å². The smallest absolute Gasteiger partial charge is 0.123 e. The minimum Gasteiger partial charge on any atom is -0.496 e. The Morgan fingerprint density at radius 2 is 1.85 bits per heavy atom. The van der Waals surface area contributed by atoms with Gasteiger partial charge in [0.1, 0.15) is 5.75 Å². The zero-order valence-electron chi connectivity index (χ0n) is 17.3. The van der Waals surface area contributed by atoms with Crippen molar-refractivity contribution in [1.29, 1.82) is 0 Å². The number of likely N-dealkylation sites (tertiary alicyclic amines) is 1. The monoisotopic (exact) mass is 375 g/mol. The minimum absolute atomic E-state index is 0.272. The van der Waals surface area contributed by atoms with E-state index in [1.54, 1.807) is 7.11 Å². The SMILES string of the molecule is COc1ccccc1CN1CCN(C2CCN(C(C)C)CC2)[C@@H](CCO)C1. The quantitative estimate of drug-likeness (QED) is 0.793. The molecule has 1 aromatic rings. The van der Waals surface area contributed by atoms with Crippen molar-refractivity contribution in [3.8, 4) is 5.75 Å². The van der Waals surface area contributed by atoms with Crippen molar-refractivity contribution in [3.05, 3.63) is 29.8 Å². The van der Waals surface area contributed by atoms with Gasteiger partial charge >= 0.3 is 0 Å². The van der Waals surface area contributed by atoms with Crippen LogP contribution in [-0.4, -0.2) is 84.4 Å². The molecule has 0 bridgehead atoms. The van der Waals surface area contributed by atoms with Gasteiger partial charge in [-0.2, -0.15) is 0 Å². The van der Waals surface area contributed by atoms with Crippen LogP contribution in [0.4, 0.5) is 0 Å². The highest BCUT2D eigenvalue weighted by molar-refractivity contribution is 5.33. The average Bonchev–Trinajstić information content (AvgIpc) is 2.69. The maximum atomic E-state index is 9.63. The molecule has 2 fully saturated rings. The first-order valence-corrected chi connectivity index (χ1v) is 10.6. The topological polar surface area (TPSA) is 39.2 Å². The highest BCUT2D eigenvalue weighted by Crippen LogP contribution is 2.26. The number of aliphatic hydroxyl groups is 1. The summed E-state index contributed by atoms with van der Waals surface area (Å²) in [5.41, 5.74) is 1.25. The lowest BCUT2D eigenvalue weighted by Gasteiger charge is -2.48. The molecule has 5 nitrogen and oxygen atoms in total. The van der Waals surface area contributed by atoms with E-state index in [4.69, 9.17) is 4.74 Å². The number of piperidine rings is 1. The molecule has 2 heterocycles. The van der Waals surface area contributed by atoms with E-state index in [1.165, 1.54) is 31.5 Å². The van der Waals surface area contributed by atoms with Crippen molar-refractivity contribution in [3.63, 3.8) is 0 Å². The molecule has 152 valence electrons. The van der Waals surface area contributed by atoms with Crippen molar-refractivity contribution in [1.82, 2.24) is 14.7 Å². The van der Waals surface area contributed by atoms with Gasteiger partial charge < -0.3 is 14.7 Å². The molecule has 27 heavy (non-hydrogen) atoms. The highest BCUT2D eigenvalue weighted by atomic mass is 16.5. The van der Waals surface area contributed by atoms with E-state index in [9.17, 15) is 5.11 Å². The van der Waals surface area contributed by atoms with Gasteiger partial charge in [-0.15, -0.1) is 0 Å². The Bertz CT molecular complexity index is 572. The average molecular weight is 376 g/mol. The molecule has 0 unspecified atom stereocenters. The molecule has 3 rings (SSSR count). The Morgan fingerprint density at radius 1 is 1.11 bits per heavy atom. The summed E-state index contributed by atoms with van der Waals surface area (Å²) >= 11 is 0. The second-order valence-electron chi connectivity index (χ2n) is 8.31. The van der Waals surface area contributed by atoms with E-state index < -0.39 is 0 Å². The third-order valence-corrected chi connectivity index (χ3v) is 6.36. The number of benzene rings is 1. The number of piperazine rings is 1. The molecule has 5 heteroatoms. The predicted octanol–water partition coefficient (Wildman–Crippen LogP) is 2.44. The lowest BCUT2D eigenvalue weighted by atomic mass is 9.97. The van der Waals surface area contributed by atoms with Crippen LogP contribution >= 0.6 is 0 Å². The second kappa shape index (κ2) is 9.87. The molecule has 0 radical (unpaired) electrons. The number of hydrogen-bond acceptors (Lipinski definition) is 5. The summed E-state index contributed by atoms with van der Waals surface area (Å²) in [5.74, 6) is 0.972. The predicted molar refractivity (Wildman–Crippen MR) is 110 cm³/mol. The van der Waals surface area contributed by atoms with Gasteiger partial charge in [-0.3, -0.25) is 9.80 Å². The van der Waals surface area contributed by atoms with Crippen LogP contribution in [0.3, 0.4) is 0 Å². The van der Waals surface area contributed by atoms with Crippen LogP contribution in [0.1, 0.15) is 38.7 Å². The fraction of sp³-hybridized carbons (Fsp3) is 0.727. The van der Waals surface area contributed by atoms with Gasteiger partial charge in [0, 0.05) is 56.5 Å². The lowest BCUT2D eigenvalue weighted by molar-refractivity contribution is -0.000191. The van der Waals surface area contributed by atoms with E-state index in [0.29, 0.717) is 18.1 Å². The van der Waals surface area contributed by atoms with Crippen molar-refractivity contribution in [2.75, 3.05) is 46.4 Å². The molecule has 1 atom stereocenters. The van der Waals surface area contributed by atoms with Crippen LogP contribution in [0.25, 0.3) is 0 Å². The zero-order chi connectivity index (χ0) is 19.2. The molecule has 0 spiro atoms.